The Labute approximate surface area is 148 Å². The number of fused-ring (bicyclic) bond motifs is 1. The van der Waals surface area contributed by atoms with Crippen LogP contribution in [-0.4, -0.2) is 44.2 Å². The van der Waals surface area contributed by atoms with Crippen molar-refractivity contribution in [3.8, 4) is 5.75 Å². The van der Waals surface area contributed by atoms with Crippen molar-refractivity contribution >= 4 is 34.7 Å². The number of ether oxygens (including phenoxy) is 1. The normalized spacial score (nSPS) is 12.3. The van der Waals surface area contributed by atoms with E-state index < -0.39 is 6.10 Å². The Kier molecular flexibility index (Phi) is 5.03. The lowest BCUT2D eigenvalue weighted by Gasteiger charge is -2.14. The molecular formula is C15H15Cl2N5O2. The Morgan fingerprint density at radius 1 is 1.25 bits per heavy atom. The number of aromatic nitrogens is 4. The highest BCUT2D eigenvalue weighted by Crippen LogP contribution is 2.31. The predicted octanol–water partition coefficient (Wildman–Crippen LogP) is 2.59. The van der Waals surface area contributed by atoms with Crippen LogP contribution in [0.25, 0.3) is 5.65 Å². The molecule has 2 N–H and O–H groups in total. The van der Waals surface area contributed by atoms with Gasteiger partial charge in [0.25, 0.3) is 0 Å². The summed E-state index contributed by atoms with van der Waals surface area (Å²) >= 11 is 11.9. The SMILES string of the molecule is Cc1nnc2ccc(NCC(O)COc3cccc(Cl)c3Cl)nn12. The number of aryl methyl sites for hydroxylation is 1. The second-order valence-electron chi connectivity index (χ2n) is 5.13. The lowest BCUT2D eigenvalue weighted by Crippen LogP contribution is -2.26. The lowest BCUT2D eigenvalue weighted by atomic mass is 10.3. The molecule has 7 nitrogen and oxygen atoms in total. The molecule has 3 rings (SSSR count). The summed E-state index contributed by atoms with van der Waals surface area (Å²) in [6, 6.07) is 8.66. The first-order chi connectivity index (χ1) is 11.5. The molecule has 126 valence electrons. The number of nitrogens with zero attached hydrogens (tertiary/aromatic N) is 4. The molecule has 0 radical (unpaired) electrons. The van der Waals surface area contributed by atoms with Gasteiger partial charge in [0, 0.05) is 6.54 Å². The minimum absolute atomic E-state index is 0.0704. The van der Waals surface area contributed by atoms with Gasteiger partial charge in [-0.2, -0.15) is 4.52 Å². The monoisotopic (exact) mass is 367 g/mol. The van der Waals surface area contributed by atoms with Crippen molar-refractivity contribution in [3.05, 3.63) is 46.2 Å². The summed E-state index contributed by atoms with van der Waals surface area (Å²) in [5, 5.41) is 26.1. The van der Waals surface area contributed by atoms with E-state index in [1.165, 1.54) is 0 Å². The molecule has 24 heavy (non-hydrogen) atoms. The molecule has 0 bridgehead atoms. The van der Waals surface area contributed by atoms with E-state index >= 15 is 0 Å². The van der Waals surface area contributed by atoms with Gasteiger partial charge in [0.1, 0.15) is 29.3 Å². The fourth-order valence-corrected chi connectivity index (χ4v) is 2.40. The minimum Gasteiger partial charge on any atom is -0.489 e. The third-order valence-corrected chi connectivity index (χ3v) is 4.09. The largest absolute Gasteiger partial charge is 0.489 e. The van der Waals surface area contributed by atoms with Gasteiger partial charge in [-0.15, -0.1) is 15.3 Å². The number of hydrogen-bond acceptors (Lipinski definition) is 6. The van der Waals surface area contributed by atoms with Gasteiger partial charge >= 0.3 is 0 Å². The van der Waals surface area contributed by atoms with Crippen molar-refractivity contribution in [2.75, 3.05) is 18.5 Å². The summed E-state index contributed by atoms with van der Waals surface area (Å²) in [4.78, 5) is 0. The molecule has 9 heteroatoms. The molecule has 0 amide bonds. The molecule has 0 fully saturated rings. The Morgan fingerprint density at radius 2 is 2.08 bits per heavy atom. The van der Waals surface area contributed by atoms with Crippen molar-refractivity contribution in [3.63, 3.8) is 0 Å². The van der Waals surface area contributed by atoms with E-state index in [0.29, 0.717) is 33.1 Å². The van der Waals surface area contributed by atoms with E-state index in [1.807, 2.05) is 6.92 Å². The van der Waals surface area contributed by atoms with Gasteiger partial charge in [0.2, 0.25) is 0 Å². The average Bonchev–Trinajstić information content (AvgIpc) is 2.95. The van der Waals surface area contributed by atoms with Crippen LogP contribution in [0, 0.1) is 6.92 Å². The zero-order valence-corrected chi connectivity index (χ0v) is 14.3. The van der Waals surface area contributed by atoms with Crippen LogP contribution < -0.4 is 10.1 Å². The van der Waals surface area contributed by atoms with E-state index in [-0.39, 0.29) is 13.2 Å². The molecule has 0 spiro atoms. The van der Waals surface area contributed by atoms with E-state index in [2.05, 4.69) is 20.6 Å². The molecule has 0 aliphatic heterocycles. The summed E-state index contributed by atoms with van der Waals surface area (Å²) in [6.45, 7) is 2.15. The molecule has 2 aromatic heterocycles. The number of nitrogens with one attached hydrogen (secondary N) is 1. The highest BCUT2D eigenvalue weighted by molar-refractivity contribution is 6.42. The summed E-state index contributed by atoms with van der Waals surface area (Å²) in [6.07, 6.45) is -0.750. The first-order valence-corrected chi connectivity index (χ1v) is 7.98. The minimum atomic E-state index is -0.750. The fraction of sp³-hybridized carbons (Fsp3) is 0.267. The van der Waals surface area contributed by atoms with E-state index in [4.69, 9.17) is 27.9 Å². The molecule has 3 aromatic rings. The zero-order chi connectivity index (χ0) is 17.1. The Bertz CT molecular complexity index is 855. The molecule has 1 unspecified atom stereocenters. The fourth-order valence-electron chi connectivity index (χ4n) is 2.05. The summed E-state index contributed by atoms with van der Waals surface area (Å²) < 4.78 is 7.11. The van der Waals surface area contributed by atoms with Crippen LogP contribution in [0.5, 0.6) is 5.75 Å². The van der Waals surface area contributed by atoms with Crippen LogP contribution in [0.2, 0.25) is 10.0 Å². The average molecular weight is 368 g/mol. The summed E-state index contributed by atoms with van der Waals surface area (Å²) in [5.41, 5.74) is 0.664. The number of rotatable bonds is 6. The van der Waals surface area contributed by atoms with Crippen molar-refractivity contribution in [2.45, 2.75) is 13.0 Å². The number of halogens is 2. The second kappa shape index (κ2) is 7.21. The van der Waals surface area contributed by atoms with Gasteiger partial charge in [-0.3, -0.25) is 0 Å². The number of aliphatic hydroxyl groups is 1. The third kappa shape index (κ3) is 3.69. The van der Waals surface area contributed by atoms with E-state index in [0.717, 1.165) is 0 Å². The van der Waals surface area contributed by atoms with Crippen molar-refractivity contribution in [1.82, 2.24) is 19.8 Å². The first-order valence-electron chi connectivity index (χ1n) is 7.22. The molecule has 0 aliphatic rings. The van der Waals surface area contributed by atoms with Crippen molar-refractivity contribution in [2.24, 2.45) is 0 Å². The number of anilines is 1. The maximum absolute atomic E-state index is 10.0. The lowest BCUT2D eigenvalue weighted by molar-refractivity contribution is 0.117. The van der Waals surface area contributed by atoms with Gasteiger partial charge in [0.05, 0.1) is 5.02 Å². The van der Waals surface area contributed by atoms with Crippen LogP contribution in [0.4, 0.5) is 5.82 Å². The Morgan fingerprint density at radius 3 is 2.92 bits per heavy atom. The standard InChI is InChI=1S/C15H15Cl2N5O2/c1-9-19-20-14-6-5-13(21-22(9)14)18-7-10(23)8-24-12-4-2-3-11(16)15(12)17/h2-6,10,23H,7-8H2,1H3,(H,18,21). The van der Waals surface area contributed by atoms with Crippen molar-refractivity contribution in [1.29, 1.82) is 0 Å². The molecule has 1 atom stereocenters. The van der Waals surface area contributed by atoms with Crippen LogP contribution in [-0.2, 0) is 0 Å². The van der Waals surface area contributed by atoms with Gasteiger partial charge in [-0.1, -0.05) is 29.3 Å². The highest BCUT2D eigenvalue weighted by atomic mass is 35.5. The maximum atomic E-state index is 10.0. The van der Waals surface area contributed by atoms with Gasteiger partial charge in [-0.05, 0) is 31.2 Å². The second-order valence-corrected chi connectivity index (χ2v) is 5.92. The van der Waals surface area contributed by atoms with Crippen LogP contribution in [0.15, 0.2) is 30.3 Å². The van der Waals surface area contributed by atoms with Crippen LogP contribution >= 0.6 is 23.2 Å². The van der Waals surface area contributed by atoms with Gasteiger partial charge in [-0.25, -0.2) is 0 Å². The summed E-state index contributed by atoms with van der Waals surface area (Å²) in [7, 11) is 0. The molecule has 0 saturated carbocycles. The van der Waals surface area contributed by atoms with E-state index in [1.54, 1.807) is 34.8 Å². The van der Waals surface area contributed by atoms with Crippen molar-refractivity contribution < 1.29 is 9.84 Å². The van der Waals surface area contributed by atoms with Gasteiger partial charge < -0.3 is 15.2 Å². The molecule has 2 heterocycles. The topological polar surface area (TPSA) is 84.6 Å². The van der Waals surface area contributed by atoms with Gasteiger partial charge in [0.15, 0.2) is 11.5 Å². The Balaban J connectivity index is 1.55. The van der Waals surface area contributed by atoms with Crippen LogP contribution in [0.3, 0.4) is 0 Å². The van der Waals surface area contributed by atoms with E-state index in [9.17, 15) is 5.11 Å². The maximum Gasteiger partial charge on any atom is 0.178 e. The van der Waals surface area contributed by atoms with Crippen LogP contribution in [0.1, 0.15) is 5.82 Å². The highest BCUT2D eigenvalue weighted by Gasteiger charge is 2.10. The summed E-state index contributed by atoms with van der Waals surface area (Å²) in [5.74, 6) is 1.72. The molecular weight excluding hydrogens is 353 g/mol. The molecule has 1 aromatic carbocycles. The molecule has 0 saturated heterocycles. The Hall–Kier alpha value is -2.09. The predicted molar refractivity (Wildman–Crippen MR) is 92.0 cm³/mol. The zero-order valence-electron chi connectivity index (χ0n) is 12.8. The number of aliphatic hydroxyl groups excluding tert-OH is 1. The smallest absolute Gasteiger partial charge is 0.178 e. The number of hydrogen-bond donors (Lipinski definition) is 2. The number of benzene rings is 1. The molecule has 0 aliphatic carbocycles. The quantitative estimate of drug-likeness (QED) is 0.696. The first kappa shape index (κ1) is 16.8. The third-order valence-electron chi connectivity index (χ3n) is 3.28.